The number of phenolic OH excluding ortho intramolecular Hbond substituents is 3. The van der Waals surface area contributed by atoms with Gasteiger partial charge in [0.25, 0.3) is 0 Å². The van der Waals surface area contributed by atoms with Gasteiger partial charge in [-0.1, -0.05) is 6.07 Å². The third-order valence-electron chi connectivity index (χ3n) is 7.76. The fourth-order valence-electron chi connectivity index (χ4n) is 5.39. The van der Waals surface area contributed by atoms with Crippen molar-refractivity contribution >= 4 is 30.3 Å². The van der Waals surface area contributed by atoms with Crippen molar-refractivity contribution in [1.29, 1.82) is 0 Å². The molecule has 1 saturated heterocycles. The zero-order valence-corrected chi connectivity index (χ0v) is 27.9. The van der Waals surface area contributed by atoms with Crippen molar-refractivity contribution in [1.82, 2.24) is 9.80 Å². The van der Waals surface area contributed by atoms with E-state index < -0.39 is 17.9 Å². The molecule has 0 aromatic heterocycles. The number of hydrogen-bond acceptors (Lipinski definition) is 13. The summed E-state index contributed by atoms with van der Waals surface area (Å²) in [5.41, 5.74) is 2.22. The minimum atomic E-state index is -0.529. The molecule has 0 atom stereocenters. The van der Waals surface area contributed by atoms with Gasteiger partial charge in [-0.05, 0) is 69.3 Å². The minimum absolute atomic E-state index is 0.0184. The average Bonchev–Trinajstić information content (AvgIpc) is 3.48. The summed E-state index contributed by atoms with van der Waals surface area (Å²) in [7, 11) is 0. The summed E-state index contributed by atoms with van der Waals surface area (Å²) in [5.74, 6) is -1.60. The molecule has 1 aliphatic rings. The van der Waals surface area contributed by atoms with Crippen LogP contribution in [-0.4, -0.2) is 115 Å². The van der Waals surface area contributed by atoms with E-state index in [1.54, 1.807) is 32.9 Å². The number of ether oxygens (including phenoxy) is 3. The standard InChI is InChI=1S/C36H42N4O9/c1-4-47-34(44)24-8-11-30(41)27(19-24)22-37-13-15-39-17-18-40(33(39)29-10-7-26(21-32(29)43)36(46)49-6-3)16-14-38-23-28-20-25(9-12-31(28)42)35(45)48-5-2/h7-12,19-23,33,41-43H,4-6,13-18H2,1-3H3. The van der Waals surface area contributed by atoms with E-state index in [1.807, 2.05) is 0 Å². The molecule has 0 saturated carbocycles. The fourth-order valence-corrected chi connectivity index (χ4v) is 5.39. The van der Waals surface area contributed by atoms with E-state index in [2.05, 4.69) is 19.8 Å². The van der Waals surface area contributed by atoms with Crippen LogP contribution < -0.4 is 0 Å². The van der Waals surface area contributed by atoms with E-state index in [9.17, 15) is 29.7 Å². The number of nitrogens with zero attached hydrogens (tertiary/aromatic N) is 4. The lowest BCUT2D eigenvalue weighted by Crippen LogP contribution is -2.34. The van der Waals surface area contributed by atoms with Crippen molar-refractivity contribution < 1.29 is 43.9 Å². The zero-order chi connectivity index (χ0) is 35.3. The van der Waals surface area contributed by atoms with Crippen LogP contribution >= 0.6 is 0 Å². The highest BCUT2D eigenvalue weighted by molar-refractivity contribution is 5.94. The molecular formula is C36H42N4O9. The van der Waals surface area contributed by atoms with Gasteiger partial charge in [0.2, 0.25) is 0 Å². The second kappa shape index (κ2) is 17.8. The highest BCUT2D eigenvalue weighted by Crippen LogP contribution is 2.35. The Kier molecular flexibility index (Phi) is 13.3. The molecular weight excluding hydrogens is 632 g/mol. The van der Waals surface area contributed by atoms with Gasteiger partial charge in [0.1, 0.15) is 17.2 Å². The summed E-state index contributed by atoms with van der Waals surface area (Å²) in [5, 5.41) is 31.7. The molecule has 1 heterocycles. The predicted octanol–water partition coefficient (Wildman–Crippen LogP) is 4.19. The highest BCUT2D eigenvalue weighted by Gasteiger charge is 2.34. The molecule has 3 N–H and O–H groups in total. The first-order valence-electron chi connectivity index (χ1n) is 16.1. The number of phenols is 3. The van der Waals surface area contributed by atoms with Crippen LogP contribution in [0, 0.1) is 0 Å². The Hall–Kier alpha value is -5.27. The number of aliphatic imine (C=N–C) groups is 2. The van der Waals surface area contributed by atoms with Crippen molar-refractivity contribution in [3.8, 4) is 17.2 Å². The van der Waals surface area contributed by atoms with E-state index in [-0.39, 0.29) is 48.8 Å². The van der Waals surface area contributed by atoms with Gasteiger partial charge < -0.3 is 29.5 Å². The number of carbonyl (C=O) groups is 3. The molecule has 49 heavy (non-hydrogen) atoms. The molecule has 3 aromatic carbocycles. The van der Waals surface area contributed by atoms with Crippen molar-refractivity contribution in [2.45, 2.75) is 26.9 Å². The summed E-state index contributed by atoms with van der Waals surface area (Å²) >= 11 is 0. The lowest BCUT2D eigenvalue weighted by Gasteiger charge is -2.30. The first-order valence-corrected chi connectivity index (χ1v) is 16.1. The molecule has 0 aliphatic carbocycles. The summed E-state index contributed by atoms with van der Waals surface area (Å²) in [4.78, 5) is 49.8. The van der Waals surface area contributed by atoms with Crippen molar-refractivity contribution in [3.63, 3.8) is 0 Å². The molecule has 4 rings (SSSR count). The largest absolute Gasteiger partial charge is 0.508 e. The van der Waals surface area contributed by atoms with E-state index in [0.717, 1.165) is 0 Å². The normalized spacial score (nSPS) is 15.2. The van der Waals surface area contributed by atoms with E-state index >= 15 is 0 Å². The lowest BCUT2D eigenvalue weighted by atomic mass is 10.1. The number of esters is 3. The Balaban J connectivity index is 1.49. The summed E-state index contributed by atoms with van der Waals surface area (Å²) < 4.78 is 15.2. The van der Waals surface area contributed by atoms with Crippen LogP contribution in [0.1, 0.15) is 74.7 Å². The van der Waals surface area contributed by atoms with Crippen LogP contribution in [0.15, 0.2) is 64.6 Å². The van der Waals surface area contributed by atoms with Crippen molar-refractivity contribution in [3.05, 3.63) is 88.0 Å². The van der Waals surface area contributed by atoms with Gasteiger partial charge in [-0.3, -0.25) is 19.8 Å². The third-order valence-corrected chi connectivity index (χ3v) is 7.76. The highest BCUT2D eigenvalue weighted by atomic mass is 16.5. The predicted molar refractivity (Wildman–Crippen MR) is 183 cm³/mol. The van der Waals surface area contributed by atoms with Gasteiger partial charge >= 0.3 is 17.9 Å². The molecule has 0 amide bonds. The number of aromatic hydroxyl groups is 3. The van der Waals surface area contributed by atoms with Gasteiger partial charge in [0.15, 0.2) is 0 Å². The molecule has 13 heteroatoms. The zero-order valence-electron chi connectivity index (χ0n) is 27.9. The first-order chi connectivity index (χ1) is 23.7. The number of rotatable bonds is 15. The molecule has 0 radical (unpaired) electrons. The van der Waals surface area contributed by atoms with Gasteiger partial charge in [0, 0.05) is 55.3 Å². The van der Waals surface area contributed by atoms with Gasteiger partial charge in [-0.25, -0.2) is 14.4 Å². The SMILES string of the molecule is CCOC(=O)c1ccc(C2N(CCN=Cc3cc(C(=O)OCC)ccc3O)CCN2CCN=Cc2cc(C(=O)OCC)ccc2O)c(O)c1. The quantitative estimate of drug-likeness (QED) is 0.120. The maximum Gasteiger partial charge on any atom is 0.338 e. The summed E-state index contributed by atoms with van der Waals surface area (Å²) in [6, 6.07) is 13.6. The van der Waals surface area contributed by atoms with Crippen LogP contribution in [0.25, 0.3) is 0 Å². The van der Waals surface area contributed by atoms with E-state index in [0.29, 0.717) is 67.1 Å². The Bertz CT molecular complexity index is 1600. The Morgan fingerprint density at radius 1 is 0.653 bits per heavy atom. The van der Waals surface area contributed by atoms with E-state index in [4.69, 9.17) is 14.2 Å². The van der Waals surface area contributed by atoms with E-state index in [1.165, 1.54) is 54.9 Å². The smallest absolute Gasteiger partial charge is 0.338 e. The molecule has 260 valence electrons. The average molecular weight is 675 g/mol. The number of hydrogen-bond donors (Lipinski definition) is 3. The first kappa shape index (κ1) is 36.6. The molecule has 1 aliphatic heterocycles. The maximum atomic E-state index is 12.3. The van der Waals surface area contributed by atoms with Crippen molar-refractivity contribution in [2.24, 2.45) is 9.98 Å². The Morgan fingerprint density at radius 3 is 1.47 bits per heavy atom. The van der Waals surface area contributed by atoms with Crippen LogP contribution in [0.3, 0.4) is 0 Å². The maximum absolute atomic E-state index is 12.3. The summed E-state index contributed by atoms with van der Waals surface area (Å²) in [6.45, 7) is 8.81. The number of carbonyl (C=O) groups excluding carboxylic acids is 3. The second-order valence-corrected chi connectivity index (χ2v) is 11.0. The summed E-state index contributed by atoms with van der Waals surface area (Å²) in [6.07, 6.45) is 2.64. The molecule has 13 nitrogen and oxygen atoms in total. The molecule has 0 spiro atoms. The van der Waals surface area contributed by atoms with Gasteiger partial charge in [-0.15, -0.1) is 0 Å². The Labute approximate surface area is 285 Å². The van der Waals surface area contributed by atoms with Gasteiger partial charge in [0.05, 0.1) is 55.8 Å². The molecule has 1 fully saturated rings. The fraction of sp³-hybridized carbons (Fsp3) is 0.361. The lowest BCUT2D eigenvalue weighted by molar-refractivity contribution is 0.0516. The van der Waals surface area contributed by atoms with Crippen molar-refractivity contribution in [2.75, 3.05) is 59.1 Å². The topological polar surface area (TPSA) is 171 Å². The Morgan fingerprint density at radius 2 is 1.06 bits per heavy atom. The minimum Gasteiger partial charge on any atom is -0.508 e. The third kappa shape index (κ3) is 9.64. The van der Waals surface area contributed by atoms with Crippen LogP contribution in [0.2, 0.25) is 0 Å². The monoisotopic (exact) mass is 674 g/mol. The van der Waals surface area contributed by atoms with Crippen LogP contribution in [0.5, 0.6) is 17.2 Å². The van der Waals surface area contributed by atoms with Crippen LogP contribution in [0.4, 0.5) is 0 Å². The second-order valence-electron chi connectivity index (χ2n) is 11.0. The number of benzene rings is 3. The molecule has 0 bridgehead atoms. The molecule has 3 aromatic rings. The van der Waals surface area contributed by atoms with Crippen LogP contribution in [-0.2, 0) is 14.2 Å². The van der Waals surface area contributed by atoms with Gasteiger partial charge in [-0.2, -0.15) is 0 Å². The molecule has 0 unspecified atom stereocenters.